The molecule has 2 rings (SSSR count). The highest BCUT2D eigenvalue weighted by Crippen LogP contribution is 2.25. The molecular formula is C14H20N4O2. The van der Waals surface area contributed by atoms with Gasteiger partial charge in [0.25, 0.3) is 0 Å². The molecule has 1 heterocycles. The van der Waals surface area contributed by atoms with Crippen LogP contribution in [0.25, 0.3) is 0 Å². The zero-order valence-corrected chi connectivity index (χ0v) is 11.9. The van der Waals surface area contributed by atoms with Crippen LogP contribution in [0, 0.1) is 0 Å². The Balaban J connectivity index is 1.72. The number of benzene rings is 1. The highest BCUT2D eigenvalue weighted by Gasteiger charge is 2.03. The van der Waals surface area contributed by atoms with Crippen LogP contribution < -0.4 is 14.8 Å². The molecule has 0 radical (unpaired) electrons. The van der Waals surface area contributed by atoms with Gasteiger partial charge in [-0.1, -0.05) is 12.1 Å². The van der Waals surface area contributed by atoms with Crippen molar-refractivity contribution in [2.75, 3.05) is 19.8 Å². The molecule has 20 heavy (non-hydrogen) atoms. The van der Waals surface area contributed by atoms with Crippen LogP contribution in [-0.4, -0.2) is 34.5 Å². The van der Waals surface area contributed by atoms with Gasteiger partial charge < -0.3 is 19.4 Å². The SMILES string of the molecule is CCOc1ccccc1OCCNCc1nncn1C. The first kappa shape index (κ1) is 14.3. The molecule has 0 amide bonds. The van der Waals surface area contributed by atoms with Crippen LogP contribution in [0.1, 0.15) is 12.7 Å². The normalized spacial score (nSPS) is 10.5. The van der Waals surface area contributed by atoms with Gasteiger partial charge in [-0.3, -0.25) is 0 Å². The van der Waals surface area contributed by atoms with E-state index in [-0.39, 0.29) is 0 Å². The number of para-hydroxylation sites is 2. The summed E-state index contributed by atoms with van der Waals surface area (Å²) < 4.78 is 13.1. The van der Waals surface area contributed by atoms with Crippen LogP contribution in [0.5, 0.6) is 11.5 Å². The molecule has 108 valence electrons. The Bertz CT molecular complexity index is 527. The van der Waals surface area contributed by atoms with Gasteiger partial charge in [-0.15, -0.1) is 10.2 Å². The monoisotopic (exact) mass is 276 g/mol. The molecule has 0 spiro atoms. The Morgan fingerprint density at radius 2 is 1.95 bits per heavy atom. The summed E-state index contributed by atoms with van der Waals surface area (Å²) in [5, 5.41) is 11.1. The number of nitrogens with one attached hydrogen (secondary N) is 1. The maximum Gasteiger partial charge on any atom is 0.161 e. The summed E-state index contributed by atoms with van der Waals surface area (Å²) in [7, 11) is 1.92. The van der Waals surface area contributed by atoms with Crippen LogP contribution in [0.3, 0.4) is 0 Å². The Kier molecular flexibility index (Phi) is 5.37. The van der Waals surface area contributed by atoms with Gasteiger partial charge >= 0.3 is 0 Å². The summed E-state index contributed by atoms with van der Waals surface area (Å²) >= 11 is 0. The third-order valence-electron chi connectivity index (χ3n) is 2.77. The second-order valence-corrected chi connectivity index (χ2v) is 4.26. The number of rotatable bonds is 8. The first-order chi connectivity index (χ1) is 9.81. The van der Waals surface area contributed by atoms with Crippen molar-refractivity contribution in [2.24, 2.45) is 7.05 Å². The standard InChI is InChI=1S/C14H20N4O2/c1-3-19-12-6-4-5-7-13(12)20-9-8-15-10-14-17-16-11-18(14)2/h4-7,11,15H,3,8-10H2,1-2H3. The third kappa shape index (κ3) is 3.96. The van der Waals surface area contributed by atoms with E-state index in [1.54, 1.807) is 6.33 Å². The van der Waals surface area contributed by atoms with Crippen molar-refractivity contribution in [3.63, 3.8) is 0 Å². The molecule has 6 heteroatoms. The predicted octanol–water partition coefficient (Wildman–Crippen LogP) is 1.38. The predicted molar refractivity (Wildman–Crippen MR) is 75.8 cm³/mol. The smallest absolute Gasteiger partial charge is 0.161 e. The zero-order chi connectivity index (χ0) is 14.2. The molecule has 0 saturated carbocycles. The molecule has 0 bridgehead atoms. The third-order valence-corrected chi connectivity index (χ3v) is 2.77. The summed E-state index contributed by atoms with van der Waals surface area (Å²) in [5.41, 5.74) is 0. The molecule has 0 atom stereocenters. The van der Waals surface area contributed by atoms with Crippen molar-refractivity contribution in [3.8, 4) is 11.5 Å². The fourth-order valence-electron chi connectivity index (χ4n) is 1.74. The van der Waals surface area contributed by atoms with Gasteiger partial charge in [0.15, 0.2) is 11.5 Å². The van der Waals surface area contributed by atoms with Gasteiger partial charge in [-0.2, -0.15) is 0 Å². The average Bonchev–Trinajstić information content (AvgIpc) is 2.86. The van der Waals surface area contributed by atoms with Crippen molar-refractivity contribution in [1.82, 2.24) is 20.1 Å². The van der Waals surface area contributed by atoms with E-state index in [1.165, 1.54) is 0 Å². The molecular weight excluding hydrogens is 256 g/mol. The Morgan fingerprint density at radius 3 is 2.60 bits per heavy atom. The molecule has 1 aromatic carbocycles. The molecule has 0 fully saturated rings. The summed E-state index contributed by atoms with van der Waals surface area (Å²) in [6.07, 6.45) is 1.69. The van der Waals surface area contributed by atoms with Crippen molar-refractivity contribution in [1.29, 1.82) is 0 Å². The van der Waals surface area contributed by atoms with Crippen LogP contribution in [-0.2, 0) is 13.6 Å². The lowest BCUT2D eigenvalue weighted by molar-refractivity contribution is 0.275. The van der Waals surface area contributed by atoms with Gasteiger partial charge in [-0.05, 0) is 19.1 Å². The molecule has 0 unspecified atom stereocenters. The summed E-state index contributed by atoms with van der Waals surface area (Å²) in [4.78, 5) is 0. The van der Waals surface area contributed by atoms with Crippen LogP contribution in [0.15, 0.2) is 30.6 Å². The first-order valence-electron chi connectivity index (χ1n) is 6.69. The minimum absolute atomic E-state index is 0.571. The minimum atomic E-state index is 0.571. The Labute approximate surface area is 118 Å². The van der Waals surface area contributed by atoms with E-state index in [4.69, 9.17) is 9.47 Å². The van der Waals surface area contributed by atoms with Crippen LogP contribution >= 0.6 is 0 Å². The number of nitrogens with zero attached hydrogens (tertiary/aromatic N) is 3. The average molecular weight is 276 g/mol. The summed E-state index contributed by atoms with van der Waals surface area (Å²) in [6, 6.07) is 7.69. The second kappa shape index (κ2) is 7.49. The molecule has 2 aromatic rings. The molecule has 0 aliphatic rings. The Morgan fingerprint density at radius 1 is 1.20 bits per heavy atom. The molecule has 0 aliphatic carbocycles. The molecule has 0 saturated heterocycles. The Hall–Kier alpha value is -2.08. The van der Waals surface area contributed by atoms with Crippen molar-refractivity contribution in [2.45, 2.75) is 13.5 Å². The quantitative estimate of drug-likeness (QED) is 0.738. The van der Waals surface area contributed by atoms with Crippen LogP contribution in [0.2, 0.25) is 0 Å². The first-order valence-corrected chi connectivity index (χ1v) is 6.69. The number of hydrogen-bond acceptors (Lipinski definition) is 5. The lowest BCUT2D eigenvalue weighted by Crippen LogP contribution is -2.22. The van der Waals surface area contributed by atoms with E-state index in [0.717, 1.165) is 23.9 Å². The fourth-order valence-corrected chi connectivity index (χ4v) is 1.74. The van der Waals surface area contributed by atoms with E-state index < -0.39 is 0 Å². The van der Waals surface area contributed by atoms with E-state index in [1.807, 2.05) is 42.8 Å². The molecule has 1 N–H and O–H groups in total. The topological polar surface area (TPSA) is 61.2 Å². The molecule has 6 nitrogen and oxygen atoms in total. The van der Waals surface area contributed by atoms with Crippen molar-refractivity contribution < 1.29 is 9.47 Å². The zero-order valence-electron chi connectivity index (χ0n) is 11.9. The summed E-state index contributed by atoms with van der Waals surface area (Å²) in [6.45, 7) is 4.56. The molecule has 1 aromatic heterocycles. The number of ether oxygens (including phenoxy) is 2. The van der Waals surface area contributed by atoms with E-state index in [0.29, 0.717) is 19.8 Å². The highest BCUT2D eigenvalue weighted by molar-refractivity contribution is 5.39. The van der Waals surface area contributed by atoms with Crippen molar-refractivity contribution >= 4 is 0 Å². The lowest BCUT2D eigenvalue weighted by Gasteiger charge is -2.11. The largest absolute Gasteiger partial charge is 0.490 e. The van der Waals surface area contributed by atoms with E-state index in [2.05, 4.69) is 15.5 Å². The number of aromatic nitrogens is 3. The van der Waals surface area contributed by atoms with Gasteiger partial charge in [0, 0.05) is 13.6 Å². The van der Waals surface area contributed by atoms with Gasteiger partial charge in [-0.25, -0.2) is 0 Å². The van der Waals surface area contributed by atoms with Crippen molar-refractivity contribution in [3.05, 3.63) is 36.4 Å². The molecule has 0 aliphatic heterocycles. The highest BCUT2D eigenvalue weighted by atomic mass is 16.5. The van der Waals surface area contributed by atoms with Crippen LogP contribution in [0.4, 0.5) is 0 Å². The number of aryl methyl sites for hydroxylation is 1. The van der Waals surface area contributed by atoms with Gasteiger partial charge in [0.1, 0.15) is 18.8 Å². The van der Waals surface area contributed by atoms with Gasteiger partial charge in [0.05, 0.1) is 13.2 Å². The minimum Gasteiger partial charge on any atom is -0.490 e. The maximum absolute atomic E-state index is 5.71. The lowest BCUT2D eigenvalue weighted by atomic mass is 10.3. The van der Waals surface area contributed by atoms with E-state index >= 15 is 0 Å². The number of hydrogen-bond donors (Lipinski definition) is 1. The fraction of sp³-hybridized carbons (Fsp3) is 0.429. The summed E-state index contributed by atoms with van der Waals surface area (Å²) in [5.74, 6) is 2.46. The van der Waals surface area contributed by atoms with E-state index in [9.17, 15) is 0 Å². The maximum atomic E-state index is 5.71. The second-order valence-electron chi connectivity index (χ2n) is 4.26. The van der Waals surface area contributed by atoms with Gasteiger partial charge in [0.2, 0.25) is 0 Å².